The average Bonchev–Trinajstić information content (AvgIpc) is 2.97. The maximum absolute atomic E-state index is 11.8. The van der Waals surface area contributed by atoms with Gasteiger partial charge in [0, 0.05) is 5.56 Å². The second-order valence-corrected chi connectivity index (χ2v) is 4.99. The molecule has 0 aliphatic rings. The fraction of sp³-hybridized carbons (Fsp3) is 0.222. The van der Waals surface area contributed by atoms with E-state index in [2.05, 4.69) is 14.9 Å². The zero-order valence-electron chi connectivity index (χ0n) is 8.75. The van der Waals surface area contributed by atoms with E-state index >= 15 is 0 Å². The molecule has 0 aliphatic carbocycles. The number of aromatic amines is 1. The molecule has 0 radical (unpaired) electrons. The van der Waals surface area contributed by atoms with Crippen LogP contribution in [0.15, 0.2) is 34.0 Å². The van der Waals surface area contributed by atoms with Gasteiger partial charge in [-0.15, -0.1) is 0 Å². The lowest BCUT2D eigenvalue weighted by Crippen LogP contribution is -2.24. The summed E-state index contributed by atoms with van der Waals surface area (Å²) in [6.07, 6.45) is 2.72. The van der Waals surface area contributed by atoms with Crippen molar-refractivity contribution in [3.05, 3.63) is 35.9 Å². The Morgan fingerprint density at radius 1 is 1.53 bits per heavy atom. The first kappa shape index (κ1) is 11.8. The van der Waals surface area contributed by atoms with Crippen LogP contribution < -0.4 is 4.72 Å². The van der Waals surface area contributed by atoms with Crippen molar-refractivity contribution in [1.29, 1.82) is 0 Å². The Kier molecular flexibility index (Phi) is 3.27. The summed E-state index contributed by atoms with van der Waals surface area (Å²) in [5, 5.41) is 14.7. The van der Waals surface area contributed by atoms with E-state index < -0.39 is 16.6 Å². The third-order valence-corrected chi connectivity index (χ3v) is 3.55. The van der Waals surface area contributed by atoms with Gasteiger partial charge in [-0.1, -0.05) is 0 Å². The lowest BCUT2D eigenvalue weighted by Gasteiger charge is -2.04. The van der Waals surface area contributed by atoms with E-state index in [0.29, 0.717) is 5.76 Å². The van der Waals surface area contributed by atoms with Gasteiger partial charge in [0.2, 0.25) is 0 Å². The largest absolute Gasteiger partial charge is 0.468 e. The first-order valence-corrected chi connectivity index (χ1v) is 6.27. The van der Waals surface area contributed by atoms with Crippen LogP contribution in [-0.2, 0) is 23.2 Å². The minimum Gasteiger partial charge on any atom is -0.468 e. The number of aliphatic hydroxyl groups is 1. The molecule has 8 heteroatoms. The Labute approximate surface area is 97.5 Å². The summed E-state index contributed by atoms with van der Waals surface area (Å²) in [4.78, 5) is 0. The quantitative estimate of drug-likeness (QED) is 0.697. The third kappa shape index (κ3) is 2.54. The highest BCUT2D eigenvalue weighted by Gasteiger charge is 2.20. The van der Waals surface area contributed by atoms with Gasteiger partial charge >= 0.3 is 0 Å². The van der Waals surface area contributed by atoms with Crippen LogP contribution in [0, 0.1) is 0 Å². The molecule has 2 aromatic rings. The van der Waals surface area contributed by atoms with Gasteiger partial charge in [0.25, 0.3) is 10.0 Å². The van der Waals surface area contributed by atoms with Gasteiger partial charge in [-0.25, -0.2) is 13.1 Å². The van der Waals surface area contributed by atoms with E-state index in [4.69, 9.17) is 9.52 Å². The van der Waals surface area contributed by atoms with E-state index in [1.165, 1.54) is 12.5 Å². The lowest BCUT2D eigenvalue weighted by molar-refractivity contribution is 0.278. The molecule has 7 nitrogen and oxygen atoms in total. The molecule has 0 spiro atoms. The summed E-state index contributed by atoms with van der Waals surface area (Å²) in [6.45, 7) is -0.354. The minimum atomic E-state index is -3.72. The van der Waals surface area contributed by atoms with Gasteiger partial charge in [-0.05, 0) is 12.1 Å². The van der Waals surface area contributed by atoms with Gasteiger partial charge in [0.15, 0.2) is 5.03 Å². The molecule has 0 amide bonds. The summed E-state index contributed by atoms with van der Waals surface area (Å²) < 4.78 is 31.0. The molecule has 0 unspecified atom stereocenters. The van der Waals surface area contributed by atoms with Crippen LogP contribution in [0.5, 0.6) is 0 Å². The first-order chi connectivity index (χ1) is 8.13. The molecule has 0 bridgehead atoms. The van der Waals surface area contributed by atoms with Crippen LogP contribution >= 0.6 is 0 Å². The predicted octanol–water partition coefficient (Wildman–Crippen LogP) is -0.0265. The molecule has 2 heterocycles. The molecule has 0 fully saturated rings. The highest BCUT2D eigenvalue weighted by Crippen LogP contribution is 2.12. The molecule has 92 valence electrons. The minimum absolute atomic E-state index is 0.0409. The molecule has 0 saturated heterocycles. The maximum atomic E-state index is 11.8. The van der Waals surface area contributed by atoms with Gasteiger partial charge in [0.05, 0.1) is 25.6 Å². The number of nitrogens with one attached hydrogen (secondary N) is 2. The molecule has 0 aromatic carbocycles. The summed E-state index contributed by atoms with van der Waals surface area (Å²) in [5.74, 6) is 0.499. The normalized spacial score (nSPS) is 11.8. The molecule has 17 heavy (non-hydrogen) atoms. The SMILES string of the molecule is O=S(=O)(NCc1ccco1)c1[nH]ncc1CO. The number of hydrogen-bond donors (Lipinski definition) is 3. The van der Waals surface area contributed by atoms with Crippen molar-refractivity contribution < 1.29 is 17.9 Å². The van der Waals surface area contributed by atoms with Gasteiger partial charge in [-0.2, -0.15) is 5.10 Å². The van der Waals surface area contributed by atoms with Crippen molar-refractivity contribution in [2.24, 2.45) is 0 Å². The standard InChI is InChI=1S/C9H11N3O4S/c13-6-7-4-10-12-9(7)17(14,15)11-5-8-2-1-3-16-8/h1-4,11,13H,5-6H2,(H,10,12). The zero-order chi connectivity index (χ0) is 12.3. The molecule has 0 atom stereocenters. The zero-order valence-corrected chi connectivity index (χ0v) is 9.57. The number of aromatic nitrogens is 2. The van der Waals surface area contributed by atoms with E-state index in [0.717, 1.165) is 0 Å². The number of furan rings is 1. The van der Waals surface area contributed by atoms with Crippen molar-refractivity contribution in [3.63, 3.8) is 0 Å². The van der Waals surface area contributed by atoms with E-state index in [-0.39, 0.29) is 17.1 Å². The van der Waals surface area contributed by atoms with Crippen LogP contribution in [0.3, 0.4) is 0 Å². The third-order valence-electron chi connectivity index (χ3n) is 2.13. The highest BCUT2D eigenvalue weighted by molar-refractivity contribution is 7.89. The Balaban J connectivity index is 2.14. The Bertz CT molecular complexity index is 573. The molecule has 2 aromatic heterocycles. The fourth-order valence-corrected chi connectivity index (χ4v) is 2.41. The van der Waals surface area contributed by atoms with Crippen molar-refractivity contribution in [1.82, 2.24) is 14.9 Å². The number of aliphatic hydroxyl groups excluding tert-OH is 1. The number of rotatable bonds is 5. The van der Waals surface area contributed by atoms with Crippen molar-refractivity contribution in [2.45, 2.75) is 18.2 Å². The molecule has 3 N–H and O–H groups in total. The van der Waals surface area contributed by atoms with Crippen LogP contribution in [0.2, 0.25) is 0 Å². The molecular weight excluding hydrogens is 246 g/mol. The monoisotopic (exact) mass is 257 g/mol. The number of hydrogen-bond acceptors (Lipinski definition) is 5. The highest BCUT2D eigenvalue weighted by atomic mass is 32.2. The predicted molar refractivity (Wildman–Crippen MR) is 57.2 cm³/mol. The number of H-pyrrole nitrogens is 1. The second kappa shape index (κ2) is 4.70. The maximum Gasteiger partial charge on any atom is 0.258 e. The van der Waals surface area contributed by atoms with Crippen LogP contribution in [0.1, 0.15) is 11.3 Å². The Morgan fingerprint density at radius 2 is 2.35 bits per heavy atom. The van der Waals surface area contributed by atoms with Crippen molar-refractivity contribution in [2.75, 3.05) is 0 Å². The summed E-state index contributed by atoms with van der Waals surface area (Å²) >= 11 is 0. The van der Waals surface area contributed by atoms with E-state index in [1.807, 2.05) is 0 Å². The van der Waals surface area contributed by atoms with Gasteiger partial charge < -0.3 is 9.52 Å². The smallest absolute Gasteiger partial charge is 0.258 e. The van der Waals surface area contributed by atoms with E-state index in [9.17, 15) is 8.42 Å². The van der Waals surface area contributed by atoms with Gasteiger partial charge in [0.1, 0.15) is 5.76 Å². The summed E-state index contributed by atoms with van der Waals surface area (Å²) in [7, 11) is -3.72. The molecule has 2 rings (SSSR count). The van der Waals surface area contributed by atoms with Gasteiger partial charge in [-0.3, -0.25) is 5.10 Å². The lowest BCUT2D eigenvalue weighted by atomic mass is 10.4. The molecule has 0 saturated carbocycles. The first-order valence-electron chi connectivity index (χ1n) is 4.78. The number of sulfonamides is 1. The van der Waals surface area contributed by atoms with Crippen LogP contribution in [-0.4, -0.2) is 23.7 Å². The molecule has 0 aliphatic heterocycles. The Hall–Kier alpha value is -1.64. The Morgan fingerprint density at radius 3 is 3.00 bits per heavy atom. The fourth-order valence-electron chi connectivity index (χ4n) is 1.30. The summed E-state index contributed by atoms with van der Waals surface area (Å²) in [5.41, 5.74) is 0.219. The van der Waals surface area contributed by atoms with Crippen LogP contribution in [0.25, 0.3) is 0 Å². The second-order valence-electron chi connectivity index (χ2n) is 3.29. The van der Waals surface area contributed by atoms with Crippen LogP contribution in [0.4, 0.5) is 0 Å². The number of nitrogens with zero attached hydrogens (tertiary/aromatic N) is 1. The topological polar surface area (TPSA) is 108 Å². The van der Waals surface area contributed by atoms with E-state index in [1.54, 1.807) is 12.1 Å². The molecular formula is C9H11N3O4S. The van der Waals surface area contributed by atoms with Crippen molar-refractivity contribution in [3.8, 4) is 0 Å². The summed E-state index contributed by atoms with van der Waals surface area (Å²) in [6, 6.07) is 3.32. The van der Waals surface area contributed by atoms with Crippen molar-refractivity contribution >= 4 is 10.0 Å². The average molecular weight is 257 g/mol.